The number of hydrogen-bond acceptors (Lipinski definition) is 1. The molecular formula is C55H36N2O. The zero-order valence-electron chi connectivity index (χ0n) is 31.9. The molecule has 9 aromatic carbocycles. The van der Waals surface area contributed by atoms with E-state index in [2.05, 4.69) is 210 Å². The highest BCUT2D eigenvalue weighted by molar-refractivity contribution is 6.14. The molecule has 272 valence electrons. The van der Waals surface area contributed by atoms with Gasteiger partial charge in [-0.15, -0.1) is 0 Å². The molecule has 12 rings (SSSR count). The molecule has 0 fully saturated rings. The van der Waals surface area contributed by atoms with Crippen molar-refractivity contribution in [1.29, 1.82) is 0 Å². The van der Waals surface area contributed by atoms with Gasteiger partial charge in [-0.25, -0.2) is 0 Å². The first-order valence-electron chi connectivity index (χ1n) is 19.9. The van der Waals surface area contributed by atoms with Crippen LogP contribution in [0.1, 0.15) is 5.56 Å². The van der Waals surface area contributed by atoms with Crippen LogP contribution in [0, 0.1) is 6.92 Å². The first kappa shape index (κ1) is 32.6. The minimum absolute atomic E-state index is 0.910. The number of furan rings is 1. The first-order valence-corrected chi connectivity index (χ1v) is 19.9. The van der Waals surface area contributed by atoms with Crippen molar-refractivity contribution in [2.75, 3.05) is 0 Å². The largest absolute Gasteiger partial charge is 0.455 e. The van der Waals surface area contributed by atoms with E-state index in [0.717, 1.165) is 44.3 Å². The Balaban J connectivity index is 1.01. The molecule has 3 nitrogen and oxygen atoms in total. The van der Waals surface area contributed by atoms with Crippen LogP contribution in [-0.4, -0.2) is 9.13 Å². The maximum Gasteiger partial charge on any atom is 0.143 e. The molecule has 3 aromatic heterocycles. The fourth-order valence-electron chi connectivity index (χ4n) is 9.32. The van der Waals surface area contributed by atoms with E-state index < -0.39 is 0 Å². The van der Waals surface area contributed by atoms with E-state index in [-0.39, 0.29) is 0 Å². The van der Waals surface area contributed by atoms with Crippen LogP contribution in [0.15, 0.2) is 205 Å². The minimum atomic E-state index is 0.910. The van der Waals surface area contributed by atoms with Crippen LogP contribution in [-0.2, 0) is 0 Å². The number of hydrogen-bond donors (Lipinski definition) is 0. The van der Waals surface area contributed by atoms with Gasteiger partial charge in [0.25, 0.3) is 0 Å². The Labute approximate surface area is 335 Å². The normalized spacial score (nSPS) is 11.9. The van der Waals surface area contributed by atoms with Crippen LogP contribution in [0.25, 0.3) is 110 Å². The molecule has 0 saturated heterocycles. The molecule has 0 amide bonds. The van der Waals surface area contributed by atoms with E-state index in [4.69, 9.17) is 4.42 Å². The predicted octanol–water partition coefficient (Wildman–Crippen LogP) is 15.1. The SMILES string of the molecule is Cc1cc(-c2ccc3c(c2)c2ccccc2n3-c2ccccc2)cc(-c2ccc3c(c2)c2ccc(-c4cccc5c4oc4ccccc45)cc2n3-c2ccccc2)c1. The second-order valence-electron chi connectivity index (χ2n) is 15.4. The van der Waals surface area contributed by atoms with Crippen LogP contribution < -0.4 is 0 Å². The van der Waals surface area contributed by atoms with Gasteiger partial charge in [0.15, 0.2) is 0 Å². The summed E-state index contributed by atoms with van der Waals surface area (Å²) in [5.41, 5.74) is 17.2. The Morgan fingerprint density at radius 3 is 1.55 bits per heavy atom. The molecule has 0 aliphatic heterocycles. The second kappa shape index (κ2) is 12.7. The highest BCUT2D eigenvalue weighted by atomic mass is 16.3. The highest BCUT2D eigenvalue weighted by Gasteiger charge is 2.18. The Bertz CT molecular complexity index is 3570. The van der Waals surface area contributed by atoms with E-state index in [1.165, 1.54) is 71.6 Å². The van der Waals surface area contributed by atoms with Crippen LogP contribution >= 0.6 is 0 Å². The standard InChI is InChI=1S/C55H36N2O/c1-35-29-39(36-24-27-51-48(32-36)44-17-8-10-21-50(44)56(51)41-13-4-2-5-14-41)31-40(30-35)37-25-28-52-49(33-37)45-26-23-38(34-53(45)57(52)42-15-6-3-7-16-42)43-19-12-20-47-46-18-9-11-22-54(46)58-55(43)47/h2-34H,1H3. The molecule has 0 atom stereocenters. The molecule has 0 spiro atoms. The molecule has 58 heavy (non-hydrogen) atoms. The van der Waals surface area contributed by atoms with Gasteiger partial charge >= 0.3 is 0 Å². The lowest BCUT2D eigenvalue weighted by molar-refractivity contribution is 0.670. The van der Waals surface area contributed by atoms with Gasteiger partial charge in [0.1, 0.15) is 11.2 Å². The molecule has 3 heteroatoms. The van der Waals surface area contributed by atoms with Gasteiger partial charge in [-0.05, 0) is 113 Å². The third kappa shape index (κ3) is 5.00. The average molecular weight is 741 g/mol. The third-order valence-electron chi connectivity index (χ3n) is 11.9. The lowest BCUT2D eigenvalue weighted by Crippen LogP contribution is -1.93. The summed E-state index contributed by atoms with van der Waals surface area (Å²) in [4.78, 5) is 0. The fraction of sp³-hybridized carbons (Fsp3) is 0.0182. The summed E-state index contributed by atoms with van der Waals surface area (Å²) < 4.78 is 11.3. The van der Waals surface area contributed by atoms with E-state index in [9.17, 15) is 0 Å². The smallest absolute Gasteiger partial charge is 0.143 e. The minimum Gasteiger partial charge on any atom is -0.455 e. The van der Waals surface area contributed by atoms with Gasteiger partial charge in [0.05, 0.1) is 22.1 Å². The van der Waals surface area contributed by atoms with E-state index in [1.54, 1.807) is 0 Å². The van der Waals surface area contributed by atoms with E-state index >= 15 is 0 Å². The lowest BCUT2D eigenvalue weighted by Gasteiger charge is -2.11. The zero-order valence-corrected chi connectivity index (χ0v) is 31.9. The molecular weight excluding hydrogens is 705 g/mol. The Morgan fingerprint density at radius 2 is 0.862 bits per heavy atom. The van der Waals surface area contributed by atoms with Crippen molar-refractivity contribution in [3.8, 4) is 44.8 Å². The average Bonchev–Trinajstić information content (AvgIpc) is 3.94. The topological polar surface area (TPSA) is 23.0 Å². The number of aryl methyl sites for hydroxylation is 1. The molecule has 0 aliphatic carbocycles. The van der Waals surface area contributed by atoms with Crippen molar-refractivity contribution in [2.24, 2.45) is 0 Å². The summed E-state index contributed by atoms with van der Waals surface area (Å²) in [6.07, 6.45) is 0. The maximum absolute atomic E-state index is 6.49. The van der Waals surface area contributed by atoms with Crippen molar-refractivity contribution in [3.63, 3.8) is 0 Å². The number of aromatic nitrogens is 2. The highest BCUT2D eigenvalue weighted by Crippen LogP contribution is 2.41. The molecule has 0 bridgehead atoms. The fourth-order valence-corrected chi connectivity index (χ4v) is 9.32. The molecule has 12 aromatic rings. The summed E-state index contributed by atoms with van der Waals surface area (Å²) in [7, 11) is 0. The lowest BCUT2D eigenvalue weighted by atomic mass is 9.95. The summed E-state index contributed by atoms with van der Waals surface area (Å²) in [5, 5.41) is 7.23. The van der Waals surface area contributed by atoms with Gasteiger partial charge < -0.3 is 13.6 Å². The summed E-state index contributed by atoms with van der Waals surface area (Å²) in [6, 6.07) is 72.6. The van der Waals surface area contributed by atoms with Crippen molar-refractivity contribution in [3.05, 3.63) is 206 Å². The Morgan fingerprint density at radius 1 is 0.328 bits per heavy atom. The summed E-state index contributed by atoms with van der Waals surface area (Å²) >= 11 is 0. The van der Waals surface area contributed by atoms with E-state index in [0.29, 0.717) is 0 Å². The van der Waals surface area contributed by atoms with Gasteiger partial charge in [0, 0.05) is 49.3 Å². The van der Waals surface area contributed by atoms with Gasteiger partial charge in [0.2, 0.25) is 0 Å². The summed E-state index contributed by atoms with van der Waals surface area (Å²) in [6.45, 7) is 2.21. The van der Waals surface area contributed by atoms with Crippen LogP contribution in [0.3, 0.4) is 0 Å². The van der Waals surface area contributed by atoms with Gasteiger partial charge in [-0.1, -0.05) is 127 Å². The summed E-state index contributed by atoms with van der Waals surface area (Å²) in [5.74, 6) is 0. The number of para-hydroxylation sites is 5. The van der Waals surface area contributed by atoms with Crippen LogP contribution in [0.4, 0.5) is 0 Å². The molecule has 0 radical (unpaired) electrons. The van der Waals surface area contributed by atoms with Crippen molar-refractivity contribution < 1.29 is 4.42 Å². The second-order valence-corrected chi connectivity index (χ2v) is 15.4. The maximum atomic E-state index is 6.49. The quantitative estimate of drug-likeness (QED) is 0.172. The van der Waals surface area contributed by atoms with Crippen molar-refractivity contribution >= 4 is 65.6 Å². The number of benzene rings is 9. The molecule has 0 saturated carbocycles. The van der Waals surface area contributed by atoms with Gasteiger partial charge in [-0.3, -0.25) is 0 Å². The number of rotatable bonds is 5. The molecule has 3 heterocycles. The van der Waals surface area contributed by atoms with Crippen LogP contribution in [0.2, 0.25) is 0 Å². The van der Waals surface area contributed by atoms with Crippen molar-refractivity contribution in [1.82, 2.24) is 9.13 Å². The first-order chi connectivity index (χ1) is 28.7. The molecule has 0 aliphatic rings. The van der Waals surface area contributed by atoms with E-state index in [1.807, 2.05) is 6.07 Å². The number of fused-ring (bicyclic) bond motifs is 9. The molecule has 0 N–H and O–H groups in total. The molecule has 0 unspecified atom stereocenters. The monoisotopic (exact) mass is 740 g/mol. The van der Waals surface area contributed by atoms with Crippen molar-refractivity contribution in [2.45, 2.75) is 6.92 Å². The zero-order chi connectivity index (χ0) is 38.3. The predicted molar refractivity (Wildman–Crippen MR) is 243 cm³/mol. The Kier molecular flexibility index (Phi) is 7.14. The van der Waals surface area contributed by atoms with Gasteiger partial charge in [-0.2, -0.15) is 0 Å². The Hall–Kier alpha value is -7.62. The number of nitrogens with zero attached hydrogens (tertiary/aromatic N) is 2. The third-order valence-corrected chi connectivity index (χ3v) is 11.9. The van der Waals surface area contributed by atoms with Crippen LogP contribution in [0.5, 0.6) is 0 Å².